The van der Waals surface area contributed by atoms with Crippen LogP contribution in [0.5, 0.6) is 5.75 Å². The van der Waals surface area contributed by atoms with Crippen LogP contribution in [0.25, 0.3) is 0 Å². The van der Waals surface area contributed by atoms with Crippen molar-refractivity contribution < 1.29 is 14.3 Å². The highest BCUT2D eigenvalue weighted by Gasteiger charge is 2.40. The predicted octanol–water partition coefficient (Wildman–Crippen LogP) is 2.48. The van der Waals surface area contributed by atoms with Crippen molar-refractivity contribution in [1.29, 1.82) is 0 Å². The minimum atomic E-state index is -0.627. The third kappa shape index (κ3) is 4.98. The molecule has 0 spiro atoms. The second-order valence-electron chi connectivity index (χ2n) is 6.74. The first-order valence-corrected chi connectivity index (χ1v) is 10.1. The number of amidine groups is 1. The average Bonchev–Trinajstić information content (AvgIpc) is 3.01. The van der Waals surface area contributed by atoms with Gasteiger partial charge in [0, 0.05) is 26.2 Å². The highest BCUT2D eigenvalue weighted by Crippen LogP contribution is 2.30. The lowest BCUT2D eigenvalue weighted by atomic mass is 10.2. The van der Waals surface area contributed by atoms with E-state index in [1.807, 2.05) is 43.3 Å². The number of hydrogen-bond donors (Lipinski definition) is 1. The van der Waals surface area contributed by atoms with Crippen LogP contribution >= 0.6 is 11.8 Å². The summed E-state index contributed by atoms with van der Waals surface area (Å²) in [7, 11) is 5.49. The number of imide groups is 1. The fraction of sp³-hybridized carbons (Fsp3) is 0.238. The van der Waals surface area contributed by atoms with Gasteiger partial charge in [0.05, 0.1) is 19.0 Å². The lowest BCUT2D eigenvalue weighted by Gasteiger charge is -2.15. The van der Waals surface area contributed by atoms with E-state index in [1.165, 1.54) is 4.90 Å². The number of benzene rings is 2. The quantitative estimate of drug-likeness (QED) is 0.330. The maximum Gasteiger partial charge on any atom is 0.247 e. The number of thioether (sulfide) groups is 1. The van der Waals surface area contributed by atoms with Crippen molar-refractivity contribution in [1.82, 2.24) is 0 Å². The average molecular weight is 426 g/mol. The molecule has 1 saturated heterocycles. The van der Waals surface area contributed by atoms with Crippen LogP contribution < -0.4 is 20.3 Å². The van der Waals surface area contributed by atoms with Crippen molar-refractivity contribution in [3.05, 3.63) is 54.1 Å². The van der Waals surface area contributed by atoms with Gasteiger partial charge in [-0.2, -0.15) is 5.10 Å². The number of nitrogens with two attached hydrogens (primary N) is 1. The molecule has 2 aromatic rings. The van der Waals surface area contributed by atoms with Crippen LogP contribution in [0.1, 0.15) is 12.0 Å². The molecule has 0 radical (unpaired) electrons. The molecule has 9 heteroatoms. The van der Waals surface area contributed by atoms with Crippen LogP contribution in [0.3, 0.4) is 0 Å². The molecule has 0 aliphatic carbocycles. The van der Waals surface area contributed by atoms with Crippen LogP contribution in [0, 0.1) is 0 Å². The Balaban J connectivity index is 1.62. The van der Waals surface area contributed by atoms with E-state index < -0.39 is 5.25 Å². The first kappa shape index (κ1) is 21.4. The van der Waals surface area contributed by atoms with Crippen molar-refractivity contribution in [2.75, 3.05) is 31.0 Å². The fourth-order valence-electron chi connectivity index (χ4n) is 2.88. The largest absolute Gasteiger partial charge is 0.497 e. The number of nitrogens with zero attached hydrogens (tertiary/aromatic N) is 4. The maximum atomic E-state index is 12.7. The molecule has 3 rings (SSSR count). The van der Waals surface area contributed by atoms with E-state index in [-0.39, 0.29) is 23.4 Å². The van der Waals surface area contributed by atoms with E-state index in [4.69, 9.17) is 10.5 Å². The molecule has 2 N–H and O–H groups in total. The summed E-state index contributed by atoms with van der Waals surface area (Å²) in [6, 6.07) is 14.5. The molecule has 2 aromatic carbocycles. The Labute approximate surface area is 179 Å². The summed E-state index contributed by atoms with van der Waals surface area (Å²) in [4.78, 5) is 28.2. The third-order valence-corrected chi connectivity index (χ3v) is 5.45. The normalized spacial score (nSPS) is 17.1. The molecule has 0 bridgehead atoms. The number of rotatable bonds is 6. The standard InChI is InChI=1S/C21H23N5O3S/c1-25(2)15-6-4-14(5-7-15)13-23-24-21(22)30-18-12-19(27)26(20(18)28)16-8-10-17(29-3)11-9-16/h4-11,13,18H,12H2,1-3H3,(H2,22,24)/t18-/m1/s1. The van der Waals surface area contributed by atoms with Crippen molar-refractivity contribution in [2.45, 2.75) is 11.7 Å². The van der Waals surface area contributed by atoms with Crippen molar-refractivity contribution in [2.24, 2.45) is 15.9 Å². The highest BCUT2D eigenvalue weighted by atomic mass is 32.2. The first-order valence-electron chi connectivity index (χ1n) is 9.20. The Bertz CT molecular complexity index is 971. The van der Waals surface area contributed by atoms with Crippen LogP contribution in [-0.2, 0) is 9.59 Å². The Morgan fingerprint density at radius 1 is 1.17 bits per heavy atom. The van der Waals surface area contributed by atoms with Crippen molar-refractivity contribution >= 4 is 46.3 Å². The van der Waals surface area contributed by atoms with Gasteiger partial charge in [0.2, 0.25) is 11.8 Å². The fourth-order valence-corrected chi connectivity index (χ4v) is 3.70. The van der Waals surface area contributed by atoms with Crippen molar-refractivity contribution in [3.63, 3.8) is 0 Å². The topological polar surface area (TPSA) is 101 Å². The third-order valence-electron chi connectivity index (χ3n) is 4.47. The van der Waals surface area contributed by atoms with Crippen LogP contribution in [0.4, 0.5) is 11.4 Å². The Morgan fingerprint density at radius 3 is 2.43 bits per heavy atom. The molecule has 156 valence electrons. The molecule has 1 atom stereocenters. The summed E-state index contributed by atoms with van der Waals surface area (Å²) in [5.41, 5.74) is 8.36. The molecule has 0 saturated carbocycles. The lowest BCUT2D eigenvalue weighted by molar-refractivity contribution is -0.121. The number of amides is 2. The van der Waals surface area contributed by atoms with Gasteiger partial charge >= 0.3 is 0 Å². The summed E-state index contributed by atoms with van der Waals surface area (Å²) in [6.07, 6.45) is 1.64. The molecule has 1 heterocycles. The zero-order valence-corrected chi connectivity index (χ0v) is 17.8. The monoisotopic (exact) mass is 425 g/mol. The van der Waals surface area contributed by atoms with Gasteiger partial charge in [-0.05, 0) is 42.0 Å². The van der Waals surface area contributed by atoms with Crippen LogP contribution in [0.15, 0.2) is 58.7 Å². The van der Waals surface area contributed by atoms with Gasteiger partial charge in [0.25, 0.3) is 0 Å². The van der Waals surface area contributed by atoms with Gasteiger partial charge < -0.3 is 15.4 Å². The molecule has 30 heavy (non-hydrogen) atoms. The lowest BCUT2D eigenvalue weighted by Crippen LogP contribution is -2.31. The van der Waals surface area contributed by atoms with E-state index >= 15 is 0 Å². The number of hydrogen-bond acceptors (Lipinski definition) is 7. The number of anilines is 2. The van der Waals surface area contributed by atoms with Gasteiger partial charge in [-0.3, -0.25) is 9.59 Å². The van der Waals surface area contributed by atoms with Gasteiger partial charge in [-0.15, -0.1) is 5.10 Å². The van der Waals surface area contributed by atoms with E-state index in [9.17, 15) is 9.59 Å². The van der Waals surface area contributed by atoms with E-state index in [0.717, 1.165) is 23.0 Å². The first-order chi connectivity index (χ1) is 14.4. The minimum Gasteiger partial charge on any atom is -0.497 e. The molecule has 1 fully saturated rings. The predicted molar refractivity (Wildman–Crippen MR) is 121 cm³/mol. The van der Waals surface area contributed by atoms with E-state index in [1.54, 1.807) is 37.6 Å². The number of carbonyl (C=O) groups excluding carboxylic acids is 2. The highest BCUT2D eigenvalue weighted by molar-refractivity contribution is 8.14. The summed E-state index contributed by atoms with van der Waals surface area (Å²) in [5, 5.41) is 7.41. The molecular formula is C21H23N5O3S. The van der Waals surface area contributed by atoms with Crippen molar-refractivity contribution in [3.8, 4) is 5.75 Å². The Morgan fingerprint density at radius 2 is 1.83 bits per heavy atom. The summed E-state index contributed by atoms with van der Waals surface area (Å²) in [5.74, 6) is 0.0471. The second kappa shape index (κ2) is 9.45. The van der Waals surface area contributed by atoms with Gasteiger partial charge in [-0.1, -0.05) is 23.9 Å². The molecule has 0 aromatic heterocycles. The van der Waals surface area contributed by atoms with Gasteiger partial charge in [-0.25, -0.2) is 4.90 Å². The number of ether oxygens (including phenoxy) is 1. The summed E-state index contributed by atoms with van der Waals surface area (Å²) < 4.78 is 5.10. The molecule has 2 amide bonds. The summed E-state index contributed by atoms with van der Waals surface area (Å²) >= 11 is 1.04. The molecular weight excluding hydrogens is 402 g/mol. The van der Waals surface area contributed by atoms with E-state index in [0.29, 0.717) is 11.4 Å². The Kier molecular flexibility index (Phi) is 6.73. The molecule has 1 aliphatic rings. The molecule has 0 unspecified atom stereocenters. The summed E-state index contributed by atoms with van der Waals surface area (Å²) in [6.45, 7) is 0. The molecule has 8 nitrogen and oxygen atoms in total. The van der Waals surface area contributed by atoms with Gasteiger partial charge in [0.1, 0.15) is 11.0 Å². The van der Waals surface area contributed by atoms with E-state index in [2.05, 4.69) is 10.2 Å². The van der Waals surface area contributed by atoms with Crippen LogP contribution in [-0.4, -0.2) is 49.7 Å². The second-order valence-corrected chi connectivity index (χ2v) is 7.97. The zero-order chi connectivity index (χ0) is 21.7. The zero-order valence-electron chi connectivity index (χ0n) is 17.0. The van der Waals surface area contributed by atoms with Gasteiger partial charge in [0.15, 0.2) is 5.17 Å². The minimum absolute atomic E-state index is 0.0570. The van der Waals surface area contributed by atoms with Crippen LogP contribution in [0.2, 0.25) is 0 Å². The SMILES string of the molecule is COc1ccc(N2C(=O)C[C@@H](SC(N)=NN=Cc3ccc(N(C)C)cc3)C2=O)cc1. The maximum absolute atomic E-state index is 12.7. The molecule has 1 aliphatic heterocycles. The number of carbonyl (C=O) groups is 2. The Hall–Kier alpha value is -3.33. The smallest absolute Gasteiger partial charge is 0.247 e. The number of methoxy groups -OCH3 is 1.